The van der Waals surface area contributed by atoms with Crippen molar-refractivity contribution in [3.63, 3.8) is 0 Å². The SMILES string of the molecule is [2H]c1c([2H])c(-n2c3ccccc3c3c4cccc5c4n(c32)-c2ccccc2S5)c([2H])c([2H])c1Cl. The van der Waals surface area contributed by atoms with Crippen LogP contribution in [0.4, 0.5) is 0 Å². The van der Waals surface area contributed by atoms with Crippen LogP contribution >= 0.6 is 23.4 Å². The standard InChI is InChI=1S/C26H15ClN2S/c27-16-12-14-17(15-13-16)28-20-8-2-1-6-18(20)24-19-7-5-11-23-25(19)29(26(24)28)21-9-3-4-10-22(21)30-23/h1-15H/i12D,13D,14D,15D. The van der Waals surface area contributed by atoms with Crippen molar-refractivity contribution in [3.8, 4) is 11.4 Å². The fourth-order valence-corrected chi connectivity index (χ4v) is 5.74. The Bertz CT molecular complexity index is 1820. The summed E-state index contributed by atoms with van der Waals surface area (Å²) >= 11 is 7.88. The second-order valence-corrected chi connectivity index (χ2v) is 8.73. The summed E-state index contributed by atoms with van der Waals surface area (Å²) in [5.41, 5.74) is 3.95. The molecule has 4 aromatic carbocycles. The van der Waals surface area contributed by atoms with Gasteiger partial charge in [-0.1, -0.05) is 65.8 Å². The van der Waals surface area contributed by atoms with Gasteiger partial charge >= 0.3 is 0 Å². The molecule has 7 rings (SSSR count). The van der Waals surface area contributed by atoms with E-state index in [1.54, 1.807) is 11.8 Å². The Morgan fingerprint density at radius 2 is 1.47 bits per heavy atom. The van der Waals surface area contributed by atoms with Crippen molar-refractivity contribution in [2.75, 3.05) is 0 Å². The molecule has 30 heavy (non-hydrogen) atoms. The van der Waals surface area contributed by atoms with E-state index in [0.717, 1.165) is 48.3 Å². The highest BCUT2D eigenvalue weighted by atomic mass is 35.5. The maximum Gasteiger partial charge on any atom is 0.131 e. The van der Waals surface area contributed by atoms with Crippen LogP contribution in [0, 0.1) is 0 Å². The Morgan fingerprint density at radius 1 is 0.733 bits per heavy atom. The molecule has 142 valence electrons. The third-order valence-corrected chi connectivity index (χ3v) is 6.99. The molecule has 4 heteroatoms. The number of nitrogens with zero attached hydrogens (tertiary/aromatic N) is 2. The molecule has 0 fully saturated rings. The average Bonchev–Trinajstić information content (AvgIpc) is 3.37. The van der Waals surface area contributed by atoms with Crippen LogP contribution in [0.2, 0.25) is 5.02 Å². The molecule has 1 aliphatic rings. The van der Waals surface area contributed by atoms with Gasteiger partial charge in [-0.15, -0.1) is 0 Å². The summed E-state index contributed by atoms with van der Waals surface area (Å²) < 4.78 is 38.3. The number of para-hydroxylation sites is 3. The van der Waals surface area contributed by atoms with Gasteiger partial charge in [0.2, 0.25) is 0 Å². The molecule has 0 amide bonds. The van der Waals surface area contributed by atoms with Crippen LogP contribution in [0.15, 0.2) is 101 Å². The fraction of sp³-hybridized carbons (Fsp3) is 0. The molecular weight excluding hydrogens is 408 g/mol. The van der Waals surface area contributed by atoms with E-state index in [2.05, 4.69) is 34.9 Å². The van der Waals surface area contributed by atoms with E-state index < -0.39 is 0 Å². The summed E-state index contributed by atoms with van der Waals surface area (Å²) in [5.74, 6) is 0. The number of hydrogen-bond donors (Lipinski definition) is 0. The minimum absolute atomic E-state index is 0.162. The number of halogens is 1. The van der Waals surface area contributed by atoms with Crippen molar-refractivity contribution in [1.82, 2.24) is 9.13 Å². The molecule has 0 radical (unpaired) electrons. The highest BCUT2D eigenvalue weighted by Crippen LogP contribution is 2.49. The minimum atomic E-state index is -0.241. The van der Waals surface area contributed by atoms with Crippen molar-refractivity contribution < 1.29 is 5.48 Å². The second-order valence-electron chi connectivity index (χ2n) is 7.27. The molecule has 0 spiro atoms. The maximum atomic E-state index is 8.75. The molecule has 6 aromatic rings. The van der Waals surface area contributed by atoms with Crippen LogP contribution in [-0.4, -0.2) is 9.13 Å². The Balaban J connectivity index is 1.81. The van der Waals surface area contributed by atoms with Crippen LogP contribution in [0.1, 0.15) is 5.48 Å². The van der Waals surface area contributed by atoms with E-state index >= 15 is 0 Å². The lowest BCUT2D eigenvalue weighted by Gasteiger charge is -2.21. The van der Waals surface area contributed by atoms with Crippen LogP contribution in [0.5, 0.6) is 0 Å². The summed E-state index contributed by atoms with van der Waals surface area (Å²) in [6, 6.07) is 21.6. The zero-order valence-corrected chi connectivity index (χ0v) is 17.1. The van der Waals surface area contributed by atoms with Gasteiger partial charge in [0.05, 0.1) is 22.2 Å². The lowest BCUT2D eigenvalue weighted by Crippen LogP contribution is -2.05. The third-order valence-electron chi connectivity index (χ3n) is 5.68. The van der Waals surface area contributed by atoms with Gasteiger partial charge in [-0.3, -0.25) is 9.13 Å². The zero-order valence-electron chi connectivity index (χ0n) is 19.5. The van der Waals surface area contributed by atoms with Crippen molar-refractivity contribution in [2.45, 2.75) is 9.79 Å². The first kappa shape index (κ1) is 13.2. The maximum absolute atomic E-state index is 8.75. The van der Waals surface area contributed by atoms with Crippen molar-refractivity contribution in [3.05, 3.63) is 95.9 Å². The van der Waals surface area contributed by atoms with Gasteiger partial charge in [0.15, 0.2) is 0 Å². The molecule has 0 unspecified atom stereocenters. The van der Waals surface area contributed by atoms with Crippen molar-refractivity contribution in [1.29, 1.82) is 0 Å². The lowest BCUT2D eigenvalue weighted by molar-refractivity contribution is 1.03. The van der Waals surface area contributed by atoms with E-state index in [-0.39, 0.29) is 34.9 Å². The summed E-state index contributed by atoms with van der Waals surface area (Å²) in [7, 11) is 0. The van der Waals surface area contributed by atoms with E-state index in [0.29, 0.717) is 0 Å². The van der Waals surface area contributed by atoms with Gasteiger partial charge in [-0.25, -0.2) is 0 Å². The first-order valence-electron chi connectivity index (χ1n) is 11.6. The smallest absolute Gasteiger partial charge is 0.131 e. The normalized spacial score (nSPS) is 14.6. The van der Waals surface area contributed by atoms with Crippen molar-refractivity contribution in [2.24, 2.45) is 0 Å². The fourth-order valence-electron chi connectivity index (χ4n) is 4.56. The van der Waals surface area contributed by atoms with Gasteiger partial charge < -0.3 is 0 Å². The van der Waals surface area contributed by atoms with Crippen LogP contribution in [-0.2, 0) is 0 Å². The van der Waals surface area contributed by atoms with Gasteiger partial charge in [-0.05, 0) is 48.4 Å². The molecule has 0 atom stereocenters. The Morgan fingerprint density at radius 3 is 2.37 bits per heavy atom. The van der Waals surface area contributed by atoms with Gasteiger partial charge in [-0.2, -0.15) is 0 Å². The van der Waals surface area contributed by atoms with E-state index in [1.165, 1.54) is 0 Å². The topological polar surface area (TPSA) is 9.86 Å². The first-order chi connectivity index (χ1) is 16.5. The summed E-state index contributed by atoms with van der Waals surface area (Å²) in [5, 5.41) is 2.94. The predicted molar refractivity (Wildman–Crippen MR) is 127 cm³/mol. The minimum Gasteiger partial charge on any atom is -0.295 e. The molecule has 0 bridgehead atoms. The van der Waals surface area contributed by atoms with E-state index in [9.17, 15) is 0 Å². The molecule has 0 N–H and O–H groups in total. The van der Waals surface area contributed by atoms with E-state index in [1.807, 2.05) is 41.0 Å². The molecule has 0 saturated carbocycles. The Hall–Kier alpha value is -3.14. The summed E-state index contributed by atoms with van der Waals surface area (Å²) in [6.45, 7) is 0. The number of aromatic nitrogens is 2. The molecular formula is C26H15ClN2S. The Labute approximate surface area is 187 Å². The zero-order chi connectivity index (χ0) is 23.3. The van der Waals surface area contributed by atoms with Crippen LogP contribution < -0.4 is 0 Å². The molecule has 2 nitrogen and oxygen atoms in total. The van der Waals surface area contributed by atoms with E-state index in [4.69, 9.17) is 17.1 Å². The molecule has 3 heterocycles. The Kier molecular flexibility index (Phi) is 2.62. The lowest BCUT2D eigenvalue weighted by atomic mass is 10.1. The largest absolute Gasteiger partial charge is 0.295 e. The quantitative estimate of drug-likeness (QED) is 0.260. The van der Waals surface area contributed by atoms with Crippen molar-refractivity contribution >= 4 is 56.2 Å². The monoisotopic (exact) mass is 426 g/mol. The number of fused-ring (bicyclic) bond motifs is 7. The number of rotatable bonds is 1. The molecule has 1 aliphatic heterocycles. The third kappa shape index (κ3) is 2.06. The van der Waals surface area contributed by atoms with Gasteiger partial charge in [0, 0.05) is 36.7 Å². The average molecular weight is 427 g/mol. The van der Waals surface area contributed by atoms with Crippen LogP contribution in [0.25, 0.3) is 44.2 Å². The molecule has 0 aliphatic carbocycles. The number of benzene rings is 4. The summed E-state index contributed by atoms with van der Waals surface area (Å²) in [6.07, 6.45) is 0. The molecule has 2 aromatic heterocycles. The molecule has 0 saturated heterocycles. The van der Waals surface area contributed by atoms with Crippen LogP contribution in [0.3, 0.4) is 0 Å². The second kappa shape index (κ2) is 5.94. The van der Waals surface area contributed by atoms with Gasteiger partial charge in [0.25, 0.3) is 0 Å². The predicted octanol–water partition coefficient (Wildman–Crippen LogP) is 7.85. The van der Waals surface area contributed by atoms with Gasteiger partial charge in [0.1, 0.15) is 5.65 Å². The highest BCUT2D eigenvalue weighted by Gasteiger charge is 2.27. The summed E-state index contributed by atoms with van der Waals surface area (Å²) in [4.78, 5) is 2.26. The highest BCUT2D eigenvalue weighted by molar-refractivity contribution is 7.99. The number of hydrogen-bond acceptors (Lipinski definition) is 1. The first-order valence-corrected chi connectivity index (χ1v) is 10.8.